The van der Waals surface area contributed by atoms with E-state index in [1.807, 2.05) is 0 Å². The van der Waals surface area contributed by atoms with Gasteiger partial charge in [0.1, 0.15) is 11.6 Å². The number of carbonyl (C=O) groups excluding carboxylic acids is 2. The largest absolute Gasteiger partial charge is 0.465 e. The molecule has 1 amide bonds. The number of nitrogens with zero attached hydrogens (tertiary/aromatic N) is 3. The van der Waals surface area contributed by atoms with Gasteiger partial charge in [-0.3, -0.25) is 14.9 Å². The SMILES string of the molecule is COC(=O)c1cc(C(=O)NCc2ccc(-n3ccnc3C)c(F)c2)cc([N+](=O)[O-])c1. The van der Waals surface area contributed by atoms with Crippen molar-refractivity contribution in [3.05, 3.63) is 87.2 Å². The highest BCUT2D eigenvalue weighted by Crippen LogP contribution is 2.19. The molecule has 0 atom stereocenters. The second-order valence-electron chi connectivity index (χ2n) is 6.33. The molecule has 10 heteroatoms. The first-order valence-corrected chi connectivity index (χ1v) is 8.75. The van der Waals surface area contributed by atoms with Crippen molar-refractivity contribution in [1.29, 1.82) is 0 Å². The number of carbonyl (C=O) groups is 2. The standard InChI is InChI=1S/C20H17FN4O5/c1-12-22-5-6-24(12)18-4-3-13(7-17(18)21)11-23-19(26)14-8-15(20(27)30-2)10-16(9-14)25(28)29/h3-10H,11H2,1-2H3,(H,23,26). The second-order valence-corrected chi connectivity index (χ2v) is 6.33. The quantitative estimate of drug-likeness (QED) is 0.378. The van der Waals surface area contributed by atoms with Crippen LogP contribution in [0.15, 0.2) is 48.8 Å². The van der Waals surface area contributed by atoms with Crippen LogP contribution in [-0.2, 0) is 11.3 Å². The zero-order valence-electron chi connectivity index (χ0n) is 16.1. The predicted molar refractivity (Wildman–Crippen MR) is 104 cm³/mol. The van der Waals surface area contributed by atoms with Gasteiger partial charge in [-0.1, -0.05) is 6.07 Å². The first-order valence-electron chi connectivity index (χ1n) is 8.75. The molecule has 0 aliphatic carbocycles. The molecule has 0 bridgehead atoms. The number of non-ortho nitro benzene ring substituents is 1. The van der Waals surface area contributed by atoms with Gasteiger partial charge in [0.25, 0.3) is 11.6 Å². The zero-order valence-corrected chi connectivity index (χ0v) is 16.1. The fourth-order valence-corrected chi connectivity index (χ4v) is 2.86. The minimum absolute atomic E-state index is 0.0187. The Kier molecular flexibility index (Phi) is 5.86. The molecule has 1 N–H and O–H groups in total. The summed E-state index contributed by atoms with van der Waals surface area (Å²) in [6.07, 6.45) is 3.20. The lowest BCUT2D eigenvalue weighted by Crippen LogP contribution is -2.23. The van der Waals surface area contributed by atoms with Crippen molar-refractivity contribution >= 4 is 17.6 Å². The maximum absolute atomic E-state index is 14.5. The number of nitrogens with one attached hydrogen (secondary N) is 1. The number of halogens is 1. The van der Waals surface area contributed by atoms with Gasteiger partial charge < -0.3 is 14.6 Å². The third-order valence-electron chi connectivity index (χ3n) is 4.36. The molecule has 0 radical (unpaired) electrons. The van der Waals surface area contributed by atoms with Gasteiger partial charge in [0.2, 0.25) is 0 Å². The van der Waals surface area contributed by atoms with E-state index in [0.717, 1.165) is 19.2 Å². The van der Waals surface area contributed by atoms with Gasteiger partial charge in [0.15, 0.2) is 0 Å². The molecule has 2 aromatic carbocycles. The lowest BCUT2D eigenvalue weighted by atomic mass is 10.1. The van der Waals surface area contributed by atoms with Crippen LogP contribution >= 0.6 is 0 Å². The molecule has 9 nitrogen and oxygen atoms in total. The smallest absolute Gasteiger partial charge is 0.338 e. The highest BCUT2D eigenvalue weighted by molar-refractivity contribution is 5.98. The molecule has 0 saturated heterocycles. The molecule has 154 valence electrons. The molecule has 1 heterocycles. The summed E-state index contributed by atoms with van der Waals surface area (Å²) in [4.78, 5) is 38.6. The number of benzene rings is 2. The summed E-state index contributed by atoms with van der Waals surface area (Å²) in [5.74, 6) is -1.33. The van der Waals surface area contributed by atoms with E-state index in [1.165, 1.54) is 12.1 Å². The summed E-state index contributed by atoms with van der Waals surface area (Å²) >= 11 is 0. The number of aromatic nitrogens is 2. The van der Waals surface area contributed by atoms with E-state index in [-0.39, 0.29) is 17.7 Å². The first-order chi connectivity index (χ1) is 14.3. The van der Waals surface area contributed by atoms with Crippen molar-refractivity contribution in [3.63, 3.8) is 0 Å². The molecule has 1 aromatic heterocycles. The van der Waals surface area contributed by atoms with Crippen molar-refractivity contribution < 1.29 is 23.6 Å². The van der Waals surface area contributed by atoms with Crippen molar-refractivity contribution in [3.8, 4) is 5.69 Å². The molecule has 0 spiro atoms. The summed E-state index contributed by atoms with van der Waals surface area (Å²) in [5, 5.41) is 13.6. The van der Waals surface area contributed by atoms with Crippen LogP contribution in [0.1, 0.15) is 32.1 Å². The number of esters is 1. The Balaban J connectivity index is 1.78. The van der Waals surface area contributed by atoms with Crippen LogP contribution in [-0.4, -0.2) is 33.5 Å². The van der Waals surface area contributed by atoms with Gasteiger partial charge in [-0.05, 0) is 30.7 Å². The third-order valence-corrected chi connectivity index (χ3v) is 4.36. The summed E-state index contributed by atoms with van der Waals surface area (Å²) < 4.78 is 20.6. The lowest BCUT2D eigenvalue weighted by Gasteiger charge is -2.10. The molecule has 0 unspecified atom stereocenters. The van der Waals surface area contributed by atoms with Gasteiger partial charge in [-0.15, -0.1) is 0 Å². The van der Waals surface area contributed by atoms with Gasteiger partial charge in [0, 0.05) is 36.6 Å². The summed E-state index contributed by atoms with van der Waals surface area (Å²) in [6.45, 7) is 1.73. The van der Waals surface area contributed by atoms with E-state index in [2.05, 4.69) is 15.0 Å². The van der Waals surface area contributed by atoms with E-state index in [4.69, 9.17) is 0 Å². The van der Waals surface area contributed by atoms with E-state index in [0.29, 0.717) is 17.1 Å². The average molecular weight is 412 g/mol. The number of nitro groups is 1. The maximum atomic E-state index is 14.5. The van der Waals surface area contributed by atoms with Gasteiger partial charge >= 0.3 is 5.97 Å². The van der Waals surface area contributed by atoms with Crippen molar-refractivity contribution in [2.45, 2.75) is 13.5 Å². The van der Waals surface area contributed by atoms with Crippen LogP contribution in [0.25, 0.3) is 5.69 Å². The Hall–Kier alpha value is -4.08. The molecule has 0 fully saturated rings. The summed E-state index contributed by atoms with van der Waals surface area (Å²) in [7, 11) is 1.13. The molecule has 3 aromatic rings. The molecule has 3 rings (SSSR count). The molecule has 0 aliphatic rings. The highest BCUT2D eigenvalue weighted by atomic mass is 19.1. The van der Waals surface area contributed by atoms with Crippen molar-refractivity contribution in [2.75, 3.05) is 7.11 Å². The normalized spacial score (nSPS) is 10.5. The fourth-order valence-electron chi connectivity index (χ4n) is 2.86. The number of aryl methyl sites for hydroxylation is 1. The number of methoxy groups -OCH3 is 1. The maximum Gasteiger partial charge on any atom is 0.338 e. The molecular formula is C20H17FN4O5. The minimum atomic E-state index is -0.805. The number of hydrogen-bond acceptors (Lipinski definition) is 6. The highest BCUT2D eigenvalue weighted by Gasteiger charge is 2.18. The van der Waals surface area contributed by atoms with Crippen LogP contribution in [0.3, 0.4) is 0 Å². The molecule has 30 heavy (non-hydrogen) atoms. The van der Waals surface area contributed by atoms with Crippen LogP contribution in [0.2, 0.25) is 0 Å². The fraction of sp³-hybridized carbons (Fsp3) is 0.150. The molecule has 0 saturated carbocycles. The Morgan fingerprint density at radius 1 is 1.23 bits per heavy atom. The van der Waals surface area contributed by atoms with Gasteiger partial charge in [-0.2, -0.15) is 0 Å². The Bertz CT molecular complexity index is 1140. The topological polar surface area (TPSA) is 116 Å². The van der Waals surface area contributed by atoms with Gasteiger partial charge in [-0.25, -0.2) is 14.2 Å². The van der Waals surface area contributed by atoms with Crippen molar-refractivity contribution in [2.24, 2.45) is 0 Å². The van der Waals surface area contributed by atoms with E-state index in [1.54, 1.807) is 36.0 Å². The number of hydrogen-bond donors (Lipinski definition) is 1. The number of rotatable bonds is 6. The Labute approximate surface area is 170 Å². The summed E-state index contributed by atoms with van der Waals surface area (Å²) in [5.41, 5.74) is 0.176. The number of imidazole rings is 1. The molecular weight excluding hydrogens is 395 g/mol. The second kappa shape index (κ2) is 8.52. The summed E-state index contributed by atoms with van der Waals surface area (Å²) in [6, 6.07) is 7.75. The Morgan fingerprint density at radius 2 is 1.97 bits per heavy atom. The number of ether oxygens (including phenoxy) is 1. The number of amides is 1. The average Bonchev–Trinajstić information content (AvgIpc) is 3.16. The first kappa shape index (κ1) is 20.6. The van der Waals surface area contributed by atoms with E-state index in [9.17, 15) is 24.1 Å². The Morgan fingerprint density at radius 3 is 2.57 bits per heavy atom. The third kappa shape index (κ3) is 4.32. The van der Waals surface area contributed by atoms with E-state index < -0.39 is 28.3 Å². The molecule has 0 aliphatic heterocycles. The predicted octanol–water partition coefficient (Wildman–Crippen LogP) is 2.94. The monoisotopic (exact) mass is 412 g/mol. The van der Waals surface area contributed by atoms with Crippen molar-refractivity contribution in [1.82, 2.24) is 14.9 Å². The van der Waals surface area contributed by atoms with E-state index >= 15 is 0 Å². The van der Waals surface area contributed by atoms with Gasteiger partial charge in [0.05, 0.1) is 23.3 Å². The number of nitro benzene ring substituents is 1. The van der Waals surface area contributed by atoms with Crippen LogP contribution < -0.4 is 5.32 Å². The minimum Gasteiger partial charge on any atom is -0.465 e. The lowest BCUT2D eigenvalue weighted by molar-refractivity contribution is -0.384. The zero-order chi connectivity index (χ0) is 21.8. The van der Waals surface area contributed by atoms with Crippen LogP contribution in [0.4, 0.5) is 10.1 Å². The van der Waals surface area contributed by atoms with Crippen LogP contribution in [0.5, 0.6) is 0 Å². The van der Waals surface area contributed by atoms with Crippen LogP contribution in [0, 0.1) is 22.9 Å².